The fourth-order valence-corrected chi connectivity index (χ4v) is 1.29. The molecule has 2 N–H and O–H groups in total. The van der Waals surface area contributed by atoms with Crippen LogP contribution in [0, 0.1) is 6.92 Å². The van der Waals surface area contributed by atoms with E-state index < -0.39 is 5.91 Å². The van der Waals surface area contributed by atoms with Gasteiger partial charge in [0.25, 0.3) is 5.91 Å². The lowest BCUT2D eigenvalue weighted by molar-refractivity contribution is 0.0696. The van der Waals surface area contributed by atoms with E-state index in [1.165, 1.54) is 11.5 Å². The number of carbonyl (C=O) groups is 1. The number of amides is 1. The van der Waals surface area contributed by atoms with Crippen LogP contribution < -0.4 is 5.48 Å². The number of benzene rings is 1. The third-order valence-corrected chi connectivity index (χ3v) is 2.18. The average Bonchev–Trinajstić information content (AvgIpc) is 2.78. The number of hydrogen-bond donors (Lipinski definition) is 2. The number of nitrogens with zero attached hydrogens (tertiary/aromatic N) is 1. The Kier molecular flexibility index (Phi) is 2.70. The van der Waals surface area contributed by atoms with Crippen LogP contribution in [0.25, 0.3) is 11.3 Å². The molecule has 0 saturated carbocycles. The van der Waals surface area contributed by atoms with Crippen molar-refractivity contribution in [2.24, 2.45) is 0 Å². The van der Waals surface area contributed by atoms with E-state index in [0.29, 0.717) is 5.76 Å². The molecule has 0 radical (unpaired) electrons. The Morgan fingerprint density at radius 1 is 1.38 bits per heavy atom. The molecule has 5 heteroatoms. The Balaban J connectivity index is 2.31. The lowest BCUT2D eigenvalue weighted by Gasteiger charge is -1.95. The molecule has 0 unspecified atom stereocenters. The molecule has 16 heavy (non-hydrogen) atoms. The maximum Gasteiger partial charge on any atom is 0.296 e. The molecular weight excluding hydrogens is 208 g/mol. The van der Waals surface area contributed by atoms with E-state index in [1.54, 1.807) is 0 Å². The summed E-state index contributed by atoms with van der Waals surface area (Å²) in [7, 11) is 0. The lowest BCUT2D eigenvalue weighted by atomic mass is 10.1. The normalized spacial score (nSPS) is 10.1. The third kappa shape index (κ3) is 1.94. The lowest BCUT2D eigenvalue weighted by Crippen LogP contribution is -2.18. The highest BCUT2D eigenvalue weighted by Crippen LogP contribution is 2.20. The monoisotopic (exact) mass is 218 g/mol. The van der Waals surface area contributed by atoms with Crippen molar-refractivity contribution < 1.29 is 14.5 Å². The summed E-state index contributed by atoms with van der Waals surface area (Å²) in [5.74, 6) is -0.208. The standard InChI is InChI=1S/C11H10N2O3/c1-7-2-4-8(5-3-7)10-6-9(13-16-10)11(14)12-15/h2-6,15H,1H3,(H,12,14). The molecule has 0 spiro atoms. The summed E-state index contributed by atoms with van der Waals surface area (Å²) >= 11 is 0. The van der Waals surface area contributed by atoms with Crippen molar-refractivity contribution >= 4 is 5.91 Å². The molecule has 0 atom stereocenters. The Morgan fingerprint density at radius 2 is 2.06 bits per heavy atom. The molecule has 0 fully saturated rings. The van der Waals surface area contributed by atoms with Gasteiger partial charge in [-0.25, -0.2) is 5.48 Å². The number of hydroxylamine groups is 1. The summed E-state index contributed by atoms with van der Waals surface area (Å²) in [6.45, 7) is 1.98. The fraction of sp³-hybridized carbons (Fsp3) is 0.0909. The van der Waals surface area contributed by atoms with Crippen molar-refractivity contribution in [3.63, 3.8) is 0 Å². The molecule has 0 saturated heterocycles. The van der Waals surface area contributed by atoms with Crippen LogP contribution >= 0.6 is 0 Å². The first-order chi connectivity index (χ1) is 7.70. The Hall–Kier alpha value is -2.14. The predicted octanol–water partition coefficient (Wildman–Crippen LogP) is 1.77. The molecule has 2 rings (SSSR count). The van der Waals surface area contributed by atoms with E-state index in [0.717, 1.165) is 11.1 Å². The first kappa shape index (κ1) is 10.4. The highest BCUT2D eigenvalue weighted by Gasteiger charge is 2.12. The minimum absolute atomic E-state index is 0.0399. The number of nitrogens with one attached hydrogen (secondary N) is 1. The molecule has 1 heterocycles. The van der Waals surface area contributed by atoms with Crippen molar-refractivity contribution in [1.82, 2.24) is 10.6 Å². The van der Waals surface area contributed by atoms with Gasteiger partial charge in [0.2, 0.25) is 0 Å². The SMILES string of the molecule is Cc1ccc(-c2cc(C(=O)NO)no2)cc1. The summed E-state index contributed by atoms with van der Waals surface area (Å²) in [4.78, 5) is 11.0. The van der Waals surface area contributed by atoms with Gasteiger partial charge in [-0.3, -0.25) is 10.0 Å². The van der Waals surface area contributed by atoms with Crippen molar-refractivity contribution in [3.05, 3.63) is 41.6 Å². The largest absolute Gasteiger partial charge is 0.355 e. The number of hydrogen-bond acceptors (Lipinski definition) is 4. The maximum absolute atomic E-state index is 11.0. The van der Waals surface area contributed by atoms with Crippen LogP contribution in [0.5, 0.6) is 0 Å². The average molecular weight is 218 g/mol. The molecule has 1 amide bonds. The second kappa shape index (κ2) is 4.16. The highest BCUT2D eigenvalue weighted by atomic mass is 16.5. The summed E-state index contributed by atoms with van der Waals surface area (Å²) in [6, 6.07) is 9.08. The van der Waals surface area contributed by atoms with Crippen molar-refractivity contribution in [2.75, 3.05) is 0 Å². The van der Waals surface area contributed by atoms with Crippen LogP contribution in [0.2, 0.25) is 0 Å². The minimum Gasteiger partial charge on any atom is -0.355 e. The number of aryl methyl sites for hydroxylation is 1. The Labute approximate surface area is 91.6 Å². The quantitative estimate of drug-likeness (QED) is 0.595. The van der Waals surface area contributed by atoms with Gasteiger partial charge in [0.1, 0.15) is 0 Å². The Bertz CT molecular complexity index is 502. The van der Waals surface area contributed by atoms with Gasteiger partial charge in [0, 0.05) is 11.6 Å². The Morgan fingerprint density at radius 3 is 2.69 bits per heavy atom. The first-order valence-corrected chi connectivity index (χ1v) is 4.69. The fourth-order valence-electron chi connectivity index (χ4n) is 1.29. The second-order valence-electron chi connectivity index (χ2n) is 3.38. The smallest absolute Gasteiger partial charge is 0.296 e. The van der Waals surface area contributed by atoms with E-state index in [4.69, 9.17) is 9.73 Å². The van der Waals surface area contributed by atoms with Gasteiger partial charge in [-0.15, -0.1) is 0 Å². The molecule has 0 bridgehead atoms. The molecular formula is C11H10N2O3. The highest BCUT2D eigenvalue weighted by molar-refractivity contribution is 5.92. The van der Waals surface area contributed by atoms with Crippen LogP contribution in [0.4, 0.5) is 0 Å². The van der Waals surface area contributed by atoms with Crippen molar-refractivity contribution in [2.45, 2.75) is 6.92 Å². The molecule has 1 aromatic heterocycles. The summed E-state index contributed by atoms with van der Waals surface area (Å²) < 4.78 is 4.99. The van der Waals surface area contributed by atoms with Crippen molar-refractivity contribution in [1.29, 1.82) is 0 Å². The molecule has 2 aromatic rings. The summed E-state index contributed by atoms with van der Waals surface area (Å²) in [5.41, 5.74) is 3.50. The number of aromatic nitrogens is 1. The van der Waals surface area contributed by atoms with Gasteiger partial charge in [-0.2, -0.15) is 0 Å². The van der Waals surface area contributed by atoms with Gasteiger partial charge >= 0.3 is 0 Å². The number of carbonyl (C=O) groups excluding carboxylic acids is 1. The zero-order valence-corrected chi connectivity index (χ0v) is 8.60. The maximum atomic E-state index is 11.0. The molecule has 0 aliphatic rings. The molecule has 0 aliphatic heterocycles. The van der Waals surface area contributed by atoms with Crippen LogP contribution in [-0.4, -0.2) is 16.3 Å². The predicted molar refractivity (Wildman–Crippen MR) is 55.9 cm³/mol. The molecule has 0 aliphatic carbocycles. The first-order valence-electron chi connectivity index (χ1n) is 4.69. The van der Waals surface area contributed by atoms with Gasteiger partial charge in [0.15, 0.2) is 11.5 Å². The summed E-state index contributed by atoms with van der Waals surface area (Å²) in [5, 5.41) is 12.0. The van der Waals surface area contributed by atoms with Crippen molar-refractivity contribution in [3.8, 4) is 11.3 Å². The van der Waals surface area contributed by atoms with E-state index in [9.17, 15) is 4.79 Å². The zero-order chi connectivity index (χ0) is 11.5. The van der Waals surface area contributed by atoms with E-state index in [2.05, 4.69) is 5.16 Å². The summed E-state index contributed by atoms with van der Waals surface area (Å²) in [6.07, 6.45) is 0. The van der Waals surface area contributed by atoms with Crippen LogP contribution in [0.1, 0.15) is 16.1 Å². The topological polar surface area (TPSA) is 75.4 Å². The van der Waals surface area contributed by atoms with Crippen LogP contribution in [0.3, 0.4) is 0 Å². The zero-order valence-electron chi connectivity index (χ0n) is 8.60. The van der Waals surface area contributed by atoms with Gasteiger partial charge < -0.3 is 4.52 Å². The van der Waals surface area contributed by atoms with Crippen LogP contribution in [0.15, 0.2) is 34.9 Å². The number of rotatable bonds is 2. The van der Waals surface area contributed by atoms with Gasteiger partial charge in [0.05, 0.1) is 0 Å². The van der Waals surface area contributed by atoms with E-state index in [1.807, 2.05) is 31.2 Å². The molecule has 82 valence electrons. The van der Waals surface area contributed by atoms with Gasteiger partial charge in [-0.1, -0.05) is 35.0 Å². The second-order valence-corrected chi connectivity index (χ2v) is 3.38. The minimum atomic E-state index is -0.692. The van der Waals surface area contributed by atoms with Gasteiger partial charge in [-0.05, 0) is 6.92 Å². The molecule has 1 aromatic carbocycles. The molecule has 5 nitrogen and oxygen atoms in total. The van der Waals surface area contributed by atoms with E-state index in [-0.39, 0.29) is 5.69 Å². The van der Waals surface area contributed by atoms with E-state index >= 15 is 0 Å². The third-order valence-electron chi connectivity index (χ3n) is 2.18. The van der Waals surface area contributed by atoms with Crippen LogP contribution in [-0.2, 0) is 0 Å².